The van der Waals surface area contributed by atoms with Gasteiger partial charge in [0.05, 0.1) is 18.1 Å². The number of hydrogen-bond acceptors (Lipinski definition) is 5. The molecule has 1 aliphatic carbocycles. The Morgan fingerprint density at radius 1 is 1.09 bits per heavy atom. The lowest BCUT2D eigenvalue weighted by Crippen LogP contribution is -2.61. The minimum Gasteiger partial charge on any atom is -0.379 e. The van der Waals surface area contributed by atoms with Crippen molar-refractivity contribution >= 4 is 15.9 Å². The predicted molar refractivity (Wildman–Crippen MR) is 126 cm³/mol. The second kappa shape index (κ2) is 11.1. The van der Waals surface area contributed by atoms with E-state index in [0.717, 1.165) is 57.6 Å². The van der Waals surface area contributed by atoms with Crippen LogP contribution in [0.2, 0.25) is 0 Å². The zero-order chi connectivity index (χ0) is 23.2. The van der Waals surface area contributed by atoms with E-state index in [4.69, 9.17) is 4.74 Å². The van der Waals surface area contributed by atoms with Gasteiger partial charge in [-0.2, -0.15) is 4.72 Å². The maximum Gasteiger partial charge on any atom is 0.241 e. The van der Waals surface area contributed by atoms with Crippen LogP contribution in [-0.2, 0) is 19.6 Å². The lowest BCUT2D eigenvalue weighted by atomic mass is 9.79. The van der Waals surface area contributed by atoms with Gasteiger partial charge < -0.3 is 10.1 Å². The molecule has 2 aliphatic rings. The average molecular weight is 466 g/mol. The Bertz CT molecular complexity index is 843. The molecule has 0 spiro atoms. The first-order chi connectivity index (χ1) is 15.2. The summed E-state index contributed by atoms with van der Waals surface area (Å²) in [6.45, 7) is 9.66. The normalized spacial score (nSPS) is 20.8. The SMILES string of the molecule is Cc1ccc(S(=O)(=O)NC(CC(C)C)C(=O)NCC2(N3CCOCC3)CCCCC2)cc1. The molecule has 2 N–H and O–H groups in total. The summed E-state index contributed by atoms with van der Waals surface area (Å²) in [5.74, 6) is -0.0676. The van der Waals surface area contributed by atoms with Crippen LogP contribution in [0.3, 0.4) is 0 Å². The van der Waals surface area contributed by atoms with E-state index in [-0.39, 0.29) is 22.3 Å². The van der Waals surface area contributed by atoms with E-state index in [1.807, 2.05) is 20.8 Å². The standard InChI is InChI=1S/C24H39N3O4S/c1-19(2)17-22(26-32(29,30)21-9-7-20(3)8-10-21)23(28)25-18-24(11-5-4-6-12-24)27-13-15-31-16-14-27/h7-10,19,22,26H,4-6,11-18H2,1-3H3,(H,25,28). The van der Waals surface area contributed by atoms with Gasteiger partial charge in [0.1, 0.15) is 6.04 Å². The second-order valence-electron chi connectivity index (χ2n) is 9.72. The molecule has 0 radical (unpaired) electrons. The van der Waals surface area contributed by atoms with Crippen molar-refractivity contribution < 1.29 is 17.9 Å². The molecule has 1 heterocycles. The number of aryl methyl sites for hydroxylation is 1. The second-order valence-corrected chi connectivity index (χ2v) is 11.4. The largest absolute Gasteiger partial charge is 0.379 e. The number of rotatable bonds is 9. The molecule has 1 aliphatic heterocycles. The Labute approximate surface area is 193 Å². The Morgan fingerprint density at radius 2 is 1.72 bits per heavy atom. The monoisotopic (exact) mass is 465 g/mol. The molecule has 32 heavy (non-hydrogen) atoms. The van der Waals surface area contributed by atoms with Crippen LogP contribution < -0.4 is 10.0 Å². The molecule has 2 fully saturated rings. The Balaban J connectivity index is 1.71. The number of morpholine rings is 1. The molecule has 3 rings (SSSR count). The first kappa shape index (κ1) is 25.1. The fourth-order valence-corrected chi connectivity index (χ4v) is 6.09. The van der Waals surface area contributed by atoms with Crippen molar-refractivity contribution in [1.82, 2.24) is 14.9 Å². The quantitative estimate of drug-likeness (QED) is 0.586. The summed E-state index contributed by atoms with van der Waals surface area (Å²) >= 11 is 0. The summed E-state index contributed by atoms with van der Waals surface area (Å²) in [6, 6.07) is 5.89. The maximum absolute atomic E-state index is 13.2. The van der Waals surface area contributed by atoms with Crippen LogP contribution in [0, 0.1) is 12.8 Å². The summed E-state index contributed by atoms with van der Waals surface area (Å²) < 4.78 is 34.1. The minimum atomic E-state index is -3.78. The molecule has 1 saturated heterocycles. The van der Waals surface area contributed by atoms with Crippen LogP contribution in [0.1, 0.15) is 57.9 Å². The first-order valence-electron chi connectivity index (χ1n) is 11.9. The molecule has 1 saturated carbocycles. The van der Waals surface area contributed by atoms with Crippen LogP contribution in [0.25, 0.3) is 0 Å². The van der Waals surface area contributed by atoms with E-state index in [0.29, 0.717) is 13.0 Å². The van der Waals surface area contributed by atoms with E-state index in [1.165, 1.54) is 6.42 Å². The smallest absolute Gasteiger partial charge is 0.241 e. The van der Waals surface area contributed by atoms with E-state index in [9.17, 15) is 13.2 Å². The van der Waals surface area contributed by atoms with Crippen molar-refractivity contribution in [3.63, 3.8) is 0 Å². The molecule has 1 atom stereocenters. The number of nitrogens with zero attached hydrogens (tertiary/aromatic N) is 1. The third-order valence-corrected chi connectivity index (χ3v) is 8.20. The predicted octanol–water partition coefficient (Wildman–Crippen LogP) is 2.84. The lowest BCUT2D eigenvalue weighted by molar-refractivity contribution is -0.124. The van der Waals surface area contributed by atoms with Crippen molar-refractivity contribution in [2.45, 2.75) is 75.8 Å². The van der Waals surface area contributed by atoms with Crippen LogP contribution in [0.4, 0.5) is 0 Å². The van der Waals surface area contributed by atoms with Gasteiger partial charge in [0.2, 0.25) is 15.9 Å². The van der Waals surface area contributed by atoms with Crippen molar-refractivity contribution in [2.75, 3.05) is 32.8 Å². The van der Waals surface area contributed by atoms with Crippen LogP contribution in [-0.4, -0.2) is 63.7 Å². The van der Waals surface area contributed by atoms with Crippen molar-refractivity contribution in [3.8, 4) is 0 Å². The first-order valence-corrected chi connectivity index (χ1v) is 13.4. The van der Waals surface area contributed by atoms with Gasteiger partial charge in [-0.25, -0.2) is 8.42 Å². The molecule has 1 aromatic rings. The van der Waals surface area contributed by atoms with Gasteiger partial charge in [-0.05, 0) is 44.2 Å². The molecule has 1 unspecified atom stereocenters. The number of benzene rings is 1. The summed E-state index contributed by atoms with van der Waals surface area (Å²) in [7, 11) is -3.78. The molecular formula is C24H39N3O4S. The molecule has 0 aromatic heterocycles. The van der Waals surface area contributed by atoms with Crippen molar-refractivity contribution in [2.24, 2.45) is 5.92 Å². The highest BCUT2D eigenvalue weighted by Gasteiger charge is 2.39. The van der Waals surface area contributed by atoms with E-state index in [2.05, 4.69) is 14.9 Å². The van der Waals surface area contributed by atoms with E-state index >= 15 is 0 Å². The summed E-state index contributed by atoms with van der Waals surface area (Å²) in [5.41, 5.74) is 0.928. The minimum absolute atomic E-state index is 0.0596. The summed E-state index contributed by atoms with van der Waals surface area (Å²) in [5, 5.41) is 3.13. The highest BCUT2D eigenvalue weighted by molar-refractivity contribution is 7.89. The van der Waals surface area contributed by atoms with Gasteiger partial charge in [0.15, 0.2) is 0 Å². The van der Waals surface area contributed by atoms with Gasteiger partial charge in [0.25, 0.3) is 0 Å². The molecule has 0 bridgehead atoms. The highest BCUT2D eigenvalue weighted by atomic mass is 32.2. The van der Waals surface area contributed by atoms with Crippen molar-refractivity contribution in [1.29, 1.82) is 0 Å². The van der Waals surface area contributed by atoms with Crippen molar-refractivity contribution in [3.05, 3.63) is 29.8 Å². The number of sulfonamides is 1. The van der Waals surface area contributed by atoms with E-state index in [1.54, 1.807) is 24.3 Å². The van der Waals surface area contributed by atoms with Crippen LogP contribution >= 0.6 is 0 Å². The molecule has 1 aromatic carbocycles. The molecule has 8 heteroatoms. The number of carbonyl (C=O) groups is 1. The third-order valence-electron chi connectivity index (χ3n) is 6.71. The fourth-order valence-electron chi connectivity index (χ4n) is 4.88. The number of hydrogen-bond donors (Lipinski definition) is 2. The molecule has 180 valence electrons. The third kappa shape index (κ3) is 6.53. The number of carbonyl (C=O) groups excluding carboxylic acids is 1. The zero-order valence-corrected chi connectivity index (χ0v) is 20.5. The van der Waals surface area contributed by atoms with Gasteiger partial charge >= 0.3 is 0 Å². The number of ether oxygens (including phenoxy) is 1. The Morgan fingerprint density at radius 3 is 2.31 bits per heavy atom. The maximum atomic E-state index is 13.2. The number of nitrogens with one attached hydrogen (secondary N) is 2. The molecule has 7 nitrogen and oxygen atoms in total. The summed E-state index contributed by atoms with van der Waals surface area (Å²) in [6.07, 6.45) is 6.09. The topological polar surface area (TPSA) is 87.7 Å². The van der Waals surface area contributed by atoms with Gasteiger partial charge in [0, 0.05) is 25.2 Å². The van der Waals surface area contributed by atoms with E-state index < -0.39 is 16.1 Å². The summed E-state index contributed by atoms with van der Waals surface area (Å²) in [4.78, 5) is 15.9. The van der Waals surface area contributed by atoms with Gasteiger partial charge in [-0.3, -0.25) is 9.69 Å². The molecular weight excluding hydrogens is 426 g/mol. The average Bonchev–Trinajstić information content (AvgIpc) is 2.78. The number of amides is 1. The van der Waals surface area contributed by atoms with Gasteiger partial charge in [-0.1, -0.05) is 50.8 Å². The van der Waals surface area contributed by atoms with Crippen LogP contribution in [0.5, 0.6) is 0 Å². The Hall–Kier alpha value is -1.48. The fraction of sp³-hybridized carbons (Fsp3) is 0.708. The van der Waals surface area contributed by atoms with Gasteiger partial charge in [-0.15, -0.1) is 0 Å². The van der Waals surface area contributed by atoms with Crippen LogP contribution in [0.15, 0.2) is 29.2 Å². The zero-order valence-electron chi connectivity index (χ0n) is 19.7. The lowest BCUT2D eigenvalue weighted by Gasteiger charge is -2.48. The highest BCUT2D eigenvalue weighted by Crippen LogP contribution is 2.34. The Kier molecular flexibility index (Phi) is 8.72. The molecule has 1 amide bonds.